The Hall–Kier alpha value is -1.16. The molecule has 1 aliphatic heterocycles. The van der Waals surface area contributed by atoms with E-state index < -0.39 is 0 Å². The molecule has 0 fully saturated rings. The Bertz CT molecular complexity index is 316. The Morgan fingerprint density at radius 1 is 1.75 bits per heavy atom. The molecule has 0 amide bonds. The van der Waals surface area contributed by atoms with Crippen molar-refractivity contribution in [2.24, 2.45) is 0 Å². The Morgan fingerprint density at radius 2 is 2.58 bits per heavy atom. The van der Waals surface area contributed by atoms with Crippen molar-refractivity contribution in [2.75, 3.05) is 6.54 Å². The number of nitrogens with one attached hydrogen (secondary N) is 1. The number of carbonyl (C=O) groups is 1. The fourth-order valence-corrected chi connectivity index (χ4v) is 1.48. The van der Waals surface area contributed by atoms with Crippen LogP contribution in [0.2, 0.25) is 0 Å². The average molecular weight is 165 g/mol. The largest absolute Gasteiger partial charge is 0.323 e. The molecule has 1 aromatic rings. The van der Waals surface area contributed by atoms with Crippen LogP contribution in [0.25, 0.3) is 0 Å². The second kappa shape index (κ2) is 2.71. The van der Waals surface area contributed by atoms with Crippen LogP contribution in [0, 0.1) is 0 Å². The number of rotatable bonds is 1. The van der Waals surface area contributed by atoms with E-state index in [2.05, 4.69) is 10.3 Å². The zero-order valence-corrected chi connectivity index (χ0v) is 7.00. The number of hydrogen-bond acceptors (Lipinski definition) is 3. The van der Waals surface area contributed by atoms with Gasteiger partial charge in [-0.1, -0.05) is 0 Å². The highest BCUT2D eigenvalue weighted by Crippen LogP contribution is 2.08. The minimum absolute atomic E-state index is 0.0932. The first-order valence-electron chi connectivity index (χ1n) is 4.05. The molecule has 4 heteroatoms. The van der Waals surface area contributed by atoms with E-state index in [0.717, 1.165) is 31.2 Å². The van der Waals surface area contributed by atoms with Crippen LogP contribution in [0.1, 0.15) is 23.2 Å². The molecule has 0 spiro atoms. The molecule has 1 aromatic heterocycles. The van der Waals surface area contributed by atoms with Crippen LogP contribution in [0.5, 0.6) is 0 Å². The van der Waals surface area contributed by atoms with Crippen molar-refractivity contribution < 1.29 is 4.79 Å². The summed E-state index contributed by atoms with van der Waals surface area (Å²) in [6.07, 6.45) is 1.66. The summed E-state index contributed by atoms with van der Waals surface area (Å²) in [6, 6.07) is 0. The van der Waals surface area contributed by atoms with E-state index >= 15 is 0 Å². The van der Waals surface area contributed by atoms with Gasteiger partial charge in [0.2, 0.25) is 0 Å². The van der Waals surface area contributed by atoms with E-state index in [-0.39, 0.29) is 5.78 Å². The van der Waals surface area contributed by atoms with Gasteiger partial charge in [-0.25, -0.2) is 4.98 Å². The van der Waals surface area contributed by atoms with E-state index in [4.69, 9.17) is 0 Å². The predicted octanol–water partition coefficient (Wildman–Crippen LogP) is 0.189. The van der Waals surface area contributed by atoms with Gasteiger partial charge in [0.05, 0.1) is 12.7 Å². The summed E-state index contributed by atoms with van der Waals surface area (Å²) in [5, 5.41) is 3.20. The summed E-state index contributed by atoms with van der Waals surface area (Å²) in [6.45, 7) is 4.12. The average Bonchev–Trinajstić information content (AvgIpc) is 2.47. The highest BCUT2D eigenvalue weighted by molar-refractivity contribution is 5.92. The number of carbonyl (C=O) groups excluding carboxylic acids is 1. The summed E-state index contributed by atoms with van der Waals surface area (Å²) >= 11 is 0. The molecule has 0 saturated heterocycles. The predicted molar refractivity (Wildman–Crippen MR) is 43.9 cm³/mol. The monoisotopic (exact) mass is 165 g/mol. The van der Waals surface area contributed by atoms with Crippen molar-refractivity contribution in [3.63, 3.8) is 0 Å². The van der Waals surface area contributed by atoms with E-state index in [1.165, 1.54) is 0 Å². The van der Waals surface area contributed by atoms with Crippen molar-refractivity contribution >= 4 is 5.78 Å². The quantitative estimate of drug-likeness (QED) is 0.604. The number of aromatic nitrogens is 2. The third-order valence-corrected chi connectivity index (χ3v) is 2.09. The first kappa shape index (κ1) is 7.49. The Morgan fingerprint density at radius 3 is 3.33 bits per heavy atom. The highest BCUT2D eigenvalue weighted by Gasteiger charge is 2.15. The molecule has 0 aromatic carbocycles. The first-order valence-corrected chi connectivity index (χ1v) is 4.05. The number of ketones is 1. The van der Waals surface area contributed by atoms with E-state index in [1.807, 2.05) is 4.57 Å². The molecule has 0 unspecified atom stereocenters. The highest BCUT2D eigenvalue weighted by atomic mass is 16.1. The molecular weight excluding hydrogens is 154 g/mol. The van der Waals surface area contributed by atoms with Crippen LogP contribution in [0.4, 0.5) is 0 Å². The molecule has 1 aliphatic rings. The van der Waals surface area contributed by atoms with Crippen LogP contribution in [-0.4, -0.2) is 21.9 Å². The number of hydrogen-bond donors (Lipinski definition) is 1. The van der Waals surface area contributed by atoms with Gasteiger partial charge in [-0.3, -0.25) is 4.79 Å². The summed E-state index contributed by atoms with van der Waals surface area (Å²) in [5.74, 6) is 1.06. The normalized spacial score (nSPS) is 15.8. The summed E-state index contributed by atoms with van der Waals surface area (Å²) in [7, 11) is 0. The lowest BCUT2D eigenvalue weighted by Gasteiger charge is -2.16. The molecule has 2 rings (SSSR count). The zero-order valence-electron chi connectivity index (χ0n) is 7.00. The van der Waals surface area contributed by atoms with E-state index in [9.17, 15) is 4.79 Å². The van der Waals surface area contributed by atoms with Gasteiger partial charge in [0.25, 0.3) is 0 Å². The first-order chi connectivity index (χ1) is 5.79. The topological polar surface area (TPSA) is 46.9 Å². The van der Waals surface area contributed by atoms with Gasteiger partial charge in [-0.15, -0.1) is 0 Å². The number of nitrogens with zero attached hydrogens (tertiary/aromatic N) is 2. The van der Waals surface area contributed by atoms with Gasteiger partial charge in [0, 0.05) is 20.0 Å². The Labute approximate surface area is 70.6 Å². The van der Waals surface area contributed by atoms with Crippen LogP contribution < -0.4 is 5.32 Å². The van der Waals surface area contributed by atoms with Gasteiger partial charge < -0.3 is 9.88 Å². The second-order valence-electron chi connectivity index (χ2n) is 2.94. The zero-order chi connectivity index (χ0) is 8.55. The third-order valence-electron chi connectivity index (χ3n) is 2.09. The van der Waals surface area contributed by atoms with Crippen LogP contribution in [0.15, 0.2) is 6.20 Å². The number of fused-ring (bicyclic) bond motifs is 1. The van der Waals surface area contributed by atoms with Gasteiger partial charge in [-0.05, 0) is 0 Å². The smallest absolute Gasteiger partial charge is 0.177 e. The lowest BCUT2D eigenvalue weighted by Crippen LogP contribution is -2.29. The molecule has 0 radical (unpaired) electrons. The van der Waals surface area contributed by atoms with E-state index in [0.29, 0.717) is 0 Å². The minimum Gasteiger partial charge on any atom is -0.323 e. The van der Waals surface area contributed by atoms with E-state index in [1.54, 1.807) is 13.1 Å². The lowest BCUT2D eigenvalue weighted by molar-refractivity contribution is 0.100. The van der Waals surface area contributed by atoms with Crippen LogP contribution in [-0.2, 0) is 13.1 Å². The van der Waals surface area contributed by atoms with Crippen LogP contribution in [0.3, 0.4) is 0 Å². The maximum Gasteiger partial charge on any atom is 0.177 e. The second-order valence-corrected chi connectivity index (χ2v) is 2.94. The van der Waals surface area contributed by atoms with Crippen LogP contribution >= 0.6 is 0 Å². The molecule has 0 saturated carbocycles. The van der Waals surface area contributed by atoms with Crippen molar-refractivity contribution in [1.82, 2.24) is 14.9 Å². The summed E-state index contributed by atoms with van der Waals surface area (Å²) in [4.78, 5) is 15.3. The fourth-order valence-electron chi connectivity index (χ4n) is 1.48. The minimum atomic E-state index is 0.0932. The maximum absolute atomic E-state index is 11.1. The SMILES string of the molecule is CC(=O)c1cnc2n1CCNC2. The molecule has 12 heavy (non-hydrogen) atoms. The van der Waals surface area contributed by atoms with Gasteiger partial charge in [0.15, 0.2) is 5.78 Å². The molecule has 0 atom stereocenters. The third kappa shape index (κ3) is 1.04. The van der Waals surface area contributed by atoms with Gasteiger partial charge >= 0.3 is 0 Å². The molecule has 1 N–H and O–H groups in total. The number of imidazole rings is 1. The van der Waals surface area contributed by atoms with Crippen molar-refractivity contribution in [3.8, 4) is 0 Å². The molecular formula is C8H11N3O. The number of Topliss-reactive ketones (excluding diaryl/α,β-unsaturated/α-hetero) is 1. The standard InChI is InChI=1S/C8H11N3O/c1-6(12)7-4-10-8-5-9-2-3-11(7)8/h4,9H,2-3,5H2,1H3. The van der Waals surface area contributed by atoms with Gasteiger partial charge in [0.1, 0.15) is 11.5 Å². The van der Waals surface area contributed by atoms with Crippen molar-refractivity contribution in [2.45, 2.75) is 20.0 Å². The Balaban J connectivity index is 2.44. The summed E-state index contributed by atoms with van der Waals surface area (Å²) < 4.78 is 1.98. The molecule has 0 aliphatic carbocycles. The molecule has 4 nitrogen and oxygen atoms in total. The lowest BCUT2D eigenvalue weighted by atomic mass is 10.3. The molecule has 2 heterocycles. The molecule has 64 valence electrons. The Kier molecular flexibility index (Phi) is 1.69. The molecule has 0 bridgehead atoms. The van der Waals surface area contributed by atoms with Crippen molar-refractivity contribution in [3.05, 3.63) is 17.7 Å². The summed E-state index contributed by atoms with van der Waals surface area (Å²) in [5.41, 5.74) is 0.728. The fraction of sp³-hybridized carbons (Fsp3) is 0.500. The maximum atomic E-state index is 11.1. The van der Waals surface area contributed by atoms with Gasteiger partial charge in [-0.2, -0.15) is 0 Å². The van der Waals surface area contributed by atoms with Crippen molar-refractivity contribution in [1.29, 1.82) is 0 Å².